The zero-order valence-electron chi connectivity index (χ0n) is 17.0. The number of rotatable bonds is 7. The van der Waals surface area contributed by atoms with Crippen molar-refractivity contribution in [1.82, 2.24) is 9.97 Å². The average molecular weight is 417 g/mol. The Morgan fingerprint density at radius 2 is 1.97 bits per heavy atom. The van der Waals surface area contributed by atoms with Crippen molar-refractivity contribution in [3.05, 3.63) is 77.5 Å². The van der Waals surface area contributed by atoms with Crippen LogP contribution in [0.3, 0.4) is 0 Å². The van der Waals surface area contributed by atoms with Gasteiger partial charge in [0.25, 0.3) is 0 Å². The van der Waals surface area contributed by atoms with Crippen molar-refractivity contribution < 1.29 is 18.7 Å². The molecule has 0 radical (unpaired) electrons. The molecule has 156 valence electrons. The normalized spacial score (nSPS) is 13.8. The first-order valence-corrected chi connectivity index (χ1v) is 9.87. The standard InChI is InChI=1S/C24H20FN3O3/c1-16-9-22(28-13-19(16)18-10-20(25)21(11-26)27-12-18)31-15-24(7-8-24)23(29)30-14-17-5-3-2-4-6-17/h2-6,9-10,12-13H,7-8,14-15H2,1H3. The molecule has 0 aliphatic heterocycles. The van der Waals surface area contributed by atoms with Gasteiger partial charge < -0.3 is 9.47 Å². The molecule has 3 aromatic rings. The SMILES string of the molecule is Cc1cc(OCC2(C(=O)OCc3ccccc3)CC2)ncc1-c1cnc(C#N)c(F)c1. The molecule has 2 aromatic heterocycles. The zero-order chi connectivity index (χ0) is 21.8. The summed E-state index contributed by atoms with van der Waals surface area (Å²) in [5.74, 6) is -0.557. The van der Waals surface area contributed by atoms with Crippen LogP contribution in [-0.4, -0.2) is 22.5 Å². The molecule has 31 heavy (non-hydrogen) atoms. The van der Waals surface area contributed by atoms with Gasteiger partial charge in [0.05, 0.1) is 0 Å². The van der Waals surface area contributed by atoms with E-state index >= 15 is 0 Å². The Balaban J connectivity index is 1.39. The van der Waals surface area contributed by atoms with E-state index in [-0.39, 0.29) is 24.9 Å². The first-order chi connectivity index (χ1) is 15.0. The summed E-state index contributed by atoms with van der Waals surface area (Å²) < 4.78 is 25.1. The van der Waals surface area contributed by atoms with Gasteiger partial charge in [-0.3, -0.25) is 4.79 Å². The summed E-state index contributed by atoms with van der Waals surface area (Å²) in [6, 6.07) is 14.2. The van der Waals surface area contributed by atoms with Crippen LogP contribution in [0.4, 0.5) is 4.39 Å². The molecule has 7 heteroatoms. The summed E-state index contributed by atoms with van der Waals surface area (Å²) in [6.45, 7) is 2.28. The number of aryl methyl sites for hydroxylation is 1. The summed E-state index contributed by atoms with van der Waals surface area (Å²) in [7, 11) is 0. The Bertz CT molecular complexity index is 1150. The minimum absolute atomic E-state index is 0.194. The van der Waals surface area contributed by atoms with E-state index in [1.807, 2.05) is 37.3 Å². The van der Waals surface area contributed by atoms with E-state index in [1.165, 1.54) is 12.3 Å². The highest BCUT2D eigenvalue weighted by atomic mass is 19.1. The molecule has 1 aliphatic carbocycles. The number of carbonyl (C=O) groups excluding carboxylic acids is 1. The molecule has 0 bridgehead atoms. The Morgan fingerprint density at radius 3 is 2.61 bits per heavy atom. The second kappa shape index (κ2) is 8.52. The summed E-state index contributed by atoms with van der Waals surface area (Å²) >= 11 is 0. The Kier molecular flexibility index (Phi) is 5.63. The van der Waals surface area contributed by atoms with E-state index in [4.69, 9.17) is 14.7 Å². The number of hydrogen-bond acceptors (Lipinski definition) is 6. The summed E-state index contributed by atoms with van der Waals surface area (Å²) in [5.41, 5.74) is 2.09. The van der Waals surface area contributed by atoms with E-state index in [0.717, 1.165) is 11.1 Å². The molecule has 4 rings (SSSR count). The van der Waals surface area contributed by atoms with Crippen molar-refractivity contribution >= 4 is 5.97 Å². The third kappa shape index (κ3) is 4.53. The first kappa shape index (κ1) is 20.5. The lowest BCUT2D eigenvalue weighted by atomic mass is 10.0. The van der Waals surface area contributed by atoms with Crippen LogP contribution in [0.25, 0.3) is 11.1 Å². The Hall–Kier alpha value is -3.79. The van der Waals surface area contributed by atoms with Crippen molar-refractivity contribution in [3.63, 3.8) is 0 Å². The molecule has 0 saturated heterocycles. The highest BCUT2D eigenvalue weighted by Gasteiger charge is 2.52. The van der Waals surface area contributed by atoms with E-state index < -0.39 is 11.2 Å². The number of carbonyl (C=O) groups is 1. The van der Waals surface area contributed by atoms with Crippen LogP contribution < -0.4 is 4.74 Å². The minimum Gasteiger partial charge on any atom is -0.476 e. The number of aromatic nitrogens is 2. The fraction of sp³-hybridized carbons (Fsp3) is 0.250. The maximum Gasteiger partial charge on any atom is 0.315 e. The molecule has 6 nitrogen and oxygen atoms in total. The third-order valence-electron chi connectivity index (χ3n) is 5.34. The smallest absolute Gasteiger partial charge is 0.315 e. The molecule has 1 aliphatic rings. The van der Waals surface area contributed by atoms with Crippen molar-refractivity contribution in [2.45, 2.75) is 26.4 Å². The van der Waals surface area contributed by atoms with Crippen molar-refractivity contribution in [1.29, 1.82) is 5.26 Å². The number of pyridine rings is 2. The van der Waals surface area contributed by atoms with Crippen molar-refractivity contribution in [2.24, 2.45) is 5.41 Å². The van der Waals surface area contributed by atoms with E-state index in [0.29, 0.717) is 29.8 Å². The lowest BCUT2D eigenvalue weighted by molar-refractivity contribution is -0.152. The zero-order valence-corrected chi connectivity index (χ0v) is 17.0. The van der Waals surface area contributed by atoms with Gasteiger partial charge in [-0.05, 0) is 37.0 Å². The van der Waals surface area contributed by atoms with E-state index in [1.54, 1.807) is 18.3 Å². The average Bonchev–Trinajstić information content (AvgIpc) is 3.58. The second-order valence-electron chi connectivity index (χ2n) is 7.63. The number of halogens is 1. The maximum atomic E-state index is 13.9. The molecule has 1 saturated carbocycles. The minimum atomic E-state index is -0.676. The van der Waals surface area contributed by atoms with Crippen LogP contribution in [-0.2, 0) is 16.1 Å². The van der Waals surface area contributed by atoms with Gasteiger partial charge >= 0.3 is 5.97 Å². The van der Waals surface area contributed by atoms with Gasteiger partial charge in [0, 0.05) is 29.6 Å². The first-order valence-electron chi connectivity index (χ1n) is 9.87. The third-order valence-corrected chi connectivity index (χ3v) is 5.34. The molecule has 0 atom stereocenters. The number of nitriles is 1. The van der Waals surface area contributed by atoms with Crippen LogP contribution >= 0.6 is 0 Å². The fourth-order valence-corrected chi connectivity index (χ4v) is 3.23. The summed E-state index contributed by atoms with van der Waals surface area (Å²) in [5, 5.41) is 8.82. The van der Waals surface area contributed by atoms with Crippen LogP contribution in [0.15, 0.2) is 54.9 Å². The van der Waals surface area contributed by atoms with Crippen molar-refractivity contribution in [3.8, 4) is 23.1 Å². The van der Waals surface area contributed by atoms with Gasteiger partial charge in [-0.15, -0.1) is 0 Å². The monoisotopic (exact) mass is 417 g/mol. The molecule has 1 fully saturated rings. The lowest BCUT2D eigenvalue weighted by Crippen LogP contribution is -2.26. The Morgan fingerprint density at radius 1 is 1.19 bits per heavy atom. The predicted molar refractivity (Wildman–Crippen MR) is 110 cm³/mol. The van der Waals surface area contributed by atoms with Gasteiger partial charge in [0.1, 0.15) is 24.7 Å². The maximum absolute atomic E-state index is 13.9. The van der Waals surface area contributed by atoms with Crippen LogP contribution in [0.5, 0.6) is 5.88 Å². The number of hydrogen-bond donors (Lipinski definition) is 0. The predicted octanol–water partition coefficient (Wildman–Crippen LogP) is 4.37. The number of nitrogens with zero attached hydrogens (tertiary/aromatic N) is 3. The quantitative estimate of drug-likeness (QED) is 0.531. The Labute approximate surface area is 179 Å². The topological polar surface area (TPSA) is 85.1 Å². The molecule has 0 amide bonds. The molecule has 1 aromatic carbocycles. The van der Waals surface area contributed by atoms with E-state index in [2.05, 4.69) is 9.97 Å². The van der Waals surface area contributed by atoms with Gasteiger partial charge in [0.2, 0.25) is 5.88 Å². The highest BCUT2D eigenvalue weighted by molar-refractivity contribution is 5.80. The van der Waals surface area contributed by atoms with Gasteiger partial charge in [0.15, 0.2) is 11.5 Å². The largest absolute Gasteiger partial charge is 0.476 e. The molecule has 0 N–H and O–H groups in total. The highest BCUT2D eigenvalue weighted by Crippen LogP contribution is 2.47. The van der Waals surface area contributed by atoms with Crippen LogP contribution in [0.1, 0.15) is 29.7 Å². The van der Waals surface area contributed by atoms with Crippen molar-refractivity contribution in [2.75, 3.05) is 6.61 Å². The fourth-order valence-electron chi connectivity index (χ4n) is 3.23. The van der Waals surface area contributed by atoms with Gasteiger partial charge in [-0.2, -0.15) is 5.26 Å². The summed E-state index contributed by atoms with van der Waals surface area (Å²) in [6.07, 6.45) is 4.44. The second-order valence-corrected chi connectivity index (χ2v) is 7.63. The van der Waals surface area contributed by atoms with Crippen LogP contribution in [0, 0.1) is 29.5 Å². The molecule has 0 spiro atoms. The molecular weight excluding hydrogens is 397 g/mol. The summed E-state index contributed by atoms with van der Waals surface area (Å²) in [4.78, 5) is 20.6. The van der Waals surface area contributed by atoms with E-state index in [9.17, 15) is 9.18 Å². The molecule has 2 heterocycles. The van der Waals surface area contributed by atoms with Gasteiger partial charge in [-0.1, -0.05) is 30.3 Å². The number of esters is 1. The van der Waals surface area contributed by atoms with Crippen LogP contribution in [0.2, 0.25) is 0 Å². The number of benzene rings is 1. The molecular formula is C24H20FN3O3. The molecule has 0 unspecified atom stereocenters. The number of ether oxygens (including phenoxy) is 2. The lowest BCUT2D eigenvalue weighted by Gasteiger charge is -2.16. The van der Waals surface area contributed by atoms with Gasteiger partial charge in [-0.25, -0.2) is 14.4 Å².